The number of hydrogen-bond acceptors (Lipinski definition) is 5. The van der Waals surface area contributed by atoms with Crippen LogP contribution in [0.3, 0.4) is 0 Å². The number of ether oxygens (including phenoxy) is 1. The Kier molecular flexibility index (Phi) is 7.03. The normalized spacial score (nSPS) is 17.6. The van der Waals surface area contributed by atoms with E-state index in [1.54, 1.807) is 25.1 Å². The minimum Gasteiger partial charge on any atom is -0.462 e. The molecule has 1 saturated heterocycles. The van der Waals surface area contributed by atoms with Crippen molar-refractivity contribution in [2.24, 2.45) is 0 Å². The number of esters is 1. The van der Waals surface area contributed by atoms with Crippen LogP contribution in [0.1, 0.15) is 12.5 Å². The van der Waals surface area contributed by atoms with E-state index in [9.17, 15) is 19.2 Å². The number of thioether (sulfide) groups is 1. The Bertz CT molecular complexity index is 1070. The Morgan fingerprint density at radius 2 is 1.97 bits per heavy atom. The Balaban J connectivity index is 2.04. The topological polar surface area (TPSA) is 70.4 Å². The van der Waals surface area contributed by atoms with E-state index in [0.29, 0.717) is 21.3 Å². The zero-order valence-electron chi connectivity index (χ0n) is 15.7. The molecule has 0 N–H and O–H groups in total. The summed E-state index contributed by atoms with van der Waals surface area (Å²) < 4.78 is 18.4. The van der Waals surface area contributed by atoms with Crippen molar-refractivity contribution >= 4 is 52.5 Å². The van der Waals surface area contributed by atoms with Crippen molar-refractivity contribution in [3.63, 3.8) is 0 Å². The third-order valence-corrected chi connectivity index (χ3v) is 6.11. The second kappa shape index (κ2) is 9.52. The van der Waals surface area contributed by atoms with Gasteiger partial charge in [0.25, 0.3) is 0 Å². The SMILES string of the molecule is CCOC(=O)/C(C#N)=C1\S[C@@H](Cc2ccc(Cl)cc2Cl)C(=O)N1c1ccc(F)cc1. The summed E-state index contributed by atoms with van der Waals surface area (Å²) in [5, 5.41) is 9.94. The highest BCUT2D eigenvalue weighted by atomic mass is 35.5. The minimum absolute atomic E-state index is 0.0796. The molecule has 2 aromatic rings. The van der Waals surface area contributed by atoms with Gasteiger partial charge in [0.15, 0.2) is 5.57 Å². The predicted molar refractivity (Wildman–Crippen MR) is 115 cm³/mol. The number of rotatable bonds is 5. The molecule has 0 aromatic heterocycles. The van der Waals surface area contributed by atoms with E-state index < -0.39 is 17.0 Å². The number of carbonyl (C=O) groups is 2. The maximum Gasteiger partial charge on any atom is 0.351 e. The van der Waals surface area contributed by atoms with Gasteiger partial charge in [0.05, 0.1) is 11.9 Å². The number of amides is 1. The summed E-state index contributed by atoms with van der Waals surface area (Å²) in [6.45, 7) is 1.70. The molecule has 2 aromatic carbocycles. The van der Waals surface area contributed by atoms with Crippen LogP contribution in [0.5, 0.6) is 0 Å². The number of hydrogen-bond donors (Lipinski definition) is 0. The summed E-state index contributed by atoms with van der Waals surface area (Å²) in [4.78, 5) is 26.8. The number of anilines is 1. The second-order valence-corrected chi connectivity index (χ2v) is 8.24. The summed E-state index contributed by atoms with van der Waals surface area (Å²) in [5.74, 6) is -1.66. The van der Waals surface area contributed by atoms with Gasteiger partial charge in [-0.3, -0.25) is 9.69 Å². The van der Waals surface area contributed by atoms with E-state index in [0.717, 1.165) is 11.8 Å². The number of halogens is 3. The van der Waals surface area contributed by atoms with Gasteiger partial charge in [-0.05, 0) is 55.3 Å². The van der Waals surface area contributed by atoms with Crippen molar-refractivity contribution in [1.29, 1.82) is 5.26 Å². The van der Waals surface area contributed by atoms with Crippen LogP contribution in [0.4, 0.5) is 10.1 Å². The van der Waals surface area contributed by atoms with Gasteiger partial charge in [-0.2, -0.15) is 5.26 Å². The number of carbonyl (C=O) groups excluding carboxylic acids is 2. The monoisotopic (exact) mass is 464 g/mol. The highest BCUT2D eigenvalue weighted by Gasteiger charge is 2.41. The molecule has 3 rings (SSSR count). The molecule has 1 fully saturated rings. The highest BCUT2D eigenvalue weighted by molar-refractivity contribution is 8.05. The zero-order valence-corrected chi connectivity index (χ0v) is 18.0. The first-order chi connectivity index (χ1) is 14.3. The molecule has 30 heavy (non-hydrogen) atoms. The third-order valence-electron chi connectivity index (χ3n) is 4.26. The van der Waals surface area contributed by atoms with Crippen LogP contribution in [0.25, 0.3) is 0 Å². The fraction of sp³-hybridized carbons (Fsp3) is 0.190. The molecule has 1 aliphatic heterocycles. The van der Waals surface area contributed by atoms with Crippen LogP contribution < -0.4 is 4.90 Å². The average Bonchev–Trinajstić information content (AvgIpc) is 3.01. The molecule has 1 heterocycles. The van der Waals surface area contributed by atoms with Crippen LogP contribution in [0, 0.1) is 17.1 Å². The van der Waals surface area contributed by atoms with Crippen molar-refractivity contribution in [1.82, 2.24) is 0 Å². The van der Waals surface area contributed by atoms with Crippen molar-refractivity contribution in [2.75, 3.05) is 11.5 Å². The summed E-state index contributed by atoms with van der Waals surface area (Å²) >= 11 is 13.2. The van der Waals surface area contributed by atoms with Crippen LogP contribution >= 0.6 is 35.0 Å². The average molecular weight is 465 g/mol. The Labute approximate surface area is 187 Å². The van der Waals surface area contributed by atoms with E-state index in [1.807, 2.05) is 6.07 Å². The lowest BCUT2D eigenvalue weighted by Gasteiger charge is -2.18. The van der Waals surface area contributed by atoms with E-state index in [4.69, 9.17) is 27.9 Å². The Morgan fingerprint density at radius 1 is 1.27 bits per heavy atom. The lowest BCUT2D eigenvalue weighted by Crippen LogP contribution is -2.30. The summed E-state index contributed by atoms with van der Waals surface area (Å²) in [5.41, 5.74) is 0.747. The maximum absolute atomic E-state index is 13.4. The van der Waals surface area contributed by atoms with Crippen molar-refractivity contribution < 1.29 is 18.7 Å². The van der Waals surface area contributed by atoms with Crippen molar-refractivity contribution in [2.45, 2.75) is 18.6 Å². The third kappa shape index (κ3) is 4.62. The van der Waals surface area contributed by atoms with Gasteiger partial charge >= 0.3 is 5.97 Å². The Morgan fingerprint density at radius 3 is 2.57 bits per heavy atom. The van der Waals surface area contributed by atoms with Gasteiger partial charge < -0.3 is 4.74 Å². The summed E-state index contributed by atoms with van der Waals surface area (Å²) in [7, 11) is 0. The molecular weight excluding hydrogens is 450 g/mol. The van der Waals surface area contributed by atoms with Gasteiger partial charge in [0, 0.05) is 15.7 Å². The van der Waals surface area contributed by atoms with Crippen LogP contribution in [-0.4, -0.2) is 23.7 Å². The van der Waals surface area contributed by atoms with Crippen LogP contribution in [-0.2, 0) is 20.7 Å². The molecular formula is C21H15Cl2FN2O3S. The summed E-state index contributed by atoms with van der Waals surface area (Å²) in [6.07, 6.45) is 0.252. The van der Waals surface area contributed by atoms with Crippen molar-refractivity contribution in [3.05, 3.63) is 74.5 Å². The molecule has 5 nitrogen and oxygen atoms in total. The maximum atomic E-state index is 13.4. The van der Waals surface area contributed by atoms with Gasteiger partial charge in [0.2, 0.25) is 5.91 Å². The standard InChI is InChI=1S/C21H15Cl2FN2O3S/c1-2-29-21(28)16(11-25)20-26(15-7-5-14(24)6-8-15)19(27)18(30-20)9-12-3-4-13(22)10-17(12)23/h3-8,10,18H,2,9H2,1H3/b20-16-/t18-/m0/s1. The number of nitriles is 1. The van der Waals surface area contributed by atoms with Gasteiger partial charge in [0.1, 0.15) is 16.9 Å². The largest absolute Gasteiger partial charge is 0.462 e. The smallest absolute Gasteiger partial charge is 0.351 e. The first kappa shape index (κ1) is 22.2. The molecule has 9 heteroatoms. The first-order valence-electron chi connectivity index (χ1n) is 8.87. The molecule has 0 saturated carbocycles. The quantitative estimate of drug-likeness (QED) is 0.348. The number of benzene rings is 2. The second-order valence-electron chi connectivity index (χ2n) is 6.21. The van der Waals surface area contributed by atoms with E-state index in [-0.39, 0.29) is 29.5 Å². The van der Waals surface area contributed by atoms with Gasteiger partial charge in [-0.25, -0.2) is 9.18 Å². The molecule has 0 aliphatic carbocycles. The molecule has 154 valence electrons. The number of nitrogens with zero attached hydrogens (tertiary/aromatic N) is 2. The summed E-state index contributed by atoms with van der Waals surface area (Å²) in [6, 6.07) is 12.0. The van der Waals surface area contributed by atoms with E-state index in [1.165, 1.54) is 29.2 Å². The fourth-order valence-corrected chi connectivity index (χ4v) is 4.66. The molecule has 1 amide bonds. The van der Waals surface area contributed by atoms with E-state index in [2.05, 4.69) is 0 Å². The Hall–Kier alpha value is -2.53. The zero-order chi connectivity index (χ0) is 21.8. The molecule has 1 atom stereocenters. The fourth-order valence-electron chi connectivity index (χ4n) is 2.89. The lowest BCUT2D eigenvalue weighted by atomic mass is 10.1. The molecule has 0 unspecified atom stereocenters. The molecule has 1 aliphatic rings. The van der Waals surface area contributed by atoms with Gasteiger partial charge in [-0.15, -0.1) is 0 Å². The minimum atomic E-state index is -0.826. The van der Waals surface area contributed by atoms with E-state index >= 15 is 0 Å². The molecule has 0 bridgehead atoms. The molecule has 0 spiro atoms. The first-order valence-corrected chi connectivity index (χ1v) is 10.5. The predicted octanol–water partition coefficient (Wildman–Crippen LogP) is 5.12. The van der Waals surface area contributed by atoms with Crippen molar-refractivity contribution in [3.8, 4) is 6.07 Å². The van der Waals surface area contributed by atoms with Crippen LogP contribution in [0.15, 0.2) is 53.1 Å². The lowest BCUT2D eigenvalue weighted by molar-refractivity contribution is -0.138. The highest BCUT2D eigenvalue weighted by Crippen LogP contribution is 2.42. The van der Waals surface area contributed by atoms with Gasteiger partial charge in [-0.1, -0.05) is 41.0 Å². The molecule has 0 radical (unpaired) electrons. The van der Waals surface area contributed by atoms with Crippen LogP contribution in [0.2, 0.25) is 10.0 Å².